The normalized spacial score (nSPS) is 14.5. The fourth-order valence-corrected chi connectivity index (χ4v) is 3.59. The lowest BCUT2D eigenvalue weighted by Crippen LogP contribution is -2.49. The molecule has 0 aliphatic carbocycles. The molecular formula is C20H26N4O2S. The molecule has 0 N–H and O–H groups in total. The lowest BCUT2D eigenvalue weighted by atomic mass is 10.2. The smallest absolute Gasteiger partial charge is 0.233 e. The molecule has 1 fully saturated rings. The molecule has 144 valence electrons. The number of carbonyl (C=O) groups is 1. The van der Waals surface area contributed by atoms with Crippen molar-refractivity contribution < 1.29 is 9.53 Å². The van der Waals surface area contributed by atoms with Gasteiger partial charge in [-0.2, -0.15) is 0 Å². The number of carbonyl (C=O) groups excluding carboxylic acids is 1. The number of thioether (sulfide) groups is 1. The van der Waals surface area contributed by atoms with Crippen LogP contribution in [0.5, 0.6) is 5.88 Å². The van der Waals surface area contributed by atoms with E-state index in [1.54, 1.807) is 18.1 Å². The molecule has 2 aromatic rings. The van der Waals surface area contributed by atoms with Crippen LogP contribution >= 0.6 is 11.8 Å². The third-order valence-corrected chi connectivity index (χ3v) is 5.25. The van der Waals surface area contributed by atoms with E-state index >= 15 is 0 Å². The Labute approximate surface area is 164 Å². The molecule has 1 amide bonds. The average molecular weight is 387 g/mol. The number of aromatic nitrogens is 2. The van der Waals surface area contributed by atoms with Crippen molar-refractivity contribution in [3.8, 4) is 5.88 Å². The Hall–Kier alpha value is -2.28. The van der Waals surface area contributed by atoms with Crippen LogP contribution in [-0.4, -0.2) is 59.3 Å². The topological polar surface area (TPSA) is 58.6 Å². The van der Waals surface area contributed by atoms with Crippen molar-refractivity contribution in [3.05, 3.63) is 42.7 Å². The minimum atomic E-state index is 0.187. The molecule has 3 rings (SSSR count). The van der Waals surface area contributed by atoms with Crippen LogP contribution in [-0.2, 0) is 4.79 Å². The highest BCUT2D eigenvalue weighted by Crippen LogP contribution is 2.20. The molecule has 1 aromatic carbocycles. The summed E-state index contributed by atoms with van der Waals surface area (Å²) in [4.78, 5) is 26.2. The second-order valence-corrected chi connectivity index (χ2v) is 7.94. The SMILES string of the molecule is CC(C)COc1cc(N2CCN(C(=O)CSc3ccccc3)CC2)ncn1. The van der Waals surface area contributed by atoms with Gasteiger partial charge in [-0.05, 0) is 18.1 Å². The zero-order valence-corrected chi connectivity index (χ0v) is 16.7. The Bertz CT molecular complexity index is 734. The third-order valence-electron chi connectivity index (χ3n) is 4.25. The lowest BCUT2D eigenvalue weighted by Gasteiger charge is -2.35. The number of hydrogen-bond acceptors (Lipinski definition) is 6. The minimum Gasteiger partial charge on any atom is -0.477 e. The van der Waals surface area contributed by atoms with Crippen LogP contribution in [0.1, 0.15) is 13.8 Å². The largest absolute Gasteiger partial charge is 0.477 e. The fourth-order valence-electron chi connectivity index (χ4n) is 2.77. The van der Waals surface area contributed by atoms with E-state index < -0.39 is 0 Å². The summed E-state index contributed by atoms with van der Waals surface area (Å²) in [6.07, 6.45) is 1.54. The Morgan fingerprint density at radius 3 is 2.59 bits per heavy atom. The molecule has 2 heterocycles. The van der Waals surface area contributed by atoms with Gasteiger partial charge < -0.3 is 14.5 Å². The van der Waals surface area contributed by atoms with E-state index in [9.17, 15) is 4.79 Å². The lowest BCUT2D eigenvalue weighted by molar-refractivity contribution is -0.128. The molecular weight excluding hydrogens is 360 g/mol. The number of nitrogens with zero attached hydrogens (tertiary/aromatic N) is 4. The number of piperazine rings is 1. The first-order chi connectivity index (χ1) is 13.1. The monoisotopic (exact) mass is 386 g/mol. The average Bonchev–Trinajstić information content (AvgIpc) is 2.71. The second-order valence-electron chi connectivity index (χ2n) is 6.89. The highest BCUT2D eigenvalue weighted by molar-refractivity contribution is 8.00. The van der Waals surface area contributed by atoms with Gasteiger partial charge in [-0.1, -0.05) is 32.0 Å². The predicted molar refractivity (Wildman–Crippen MR) is 108 cm³/mol. The van der Waals surface area contributed by atoms with E-state index in [1.807, 2.05) is 41.3 Å². The molecule has 0 saturated carbocycles. The third kappa shape index (κ3) is 5.85. The highest BCUT2D eigenvalue weighted by atomic mass is 32.2. The first-order valence-electron chi connectivity index (χ1n) is 9.27. The van der Waals surface area contributed by atoms with E-state index in [0.29, 0.717) is 37.2 Å². The number of benzene rings is 1. The molecule has 1 aromatic heterocycles. The Balaban J connectivity index is 1.48. The van der Waals surface area contributed by atoms with Gasteiger partial charge >= 0.3 is 0 Å². The minimum absolute atomic E-state index is 0.187. The number of ether oxygens (including phenoxy) is 1. The van der Waals surface area contributed by atoms with Gasteiger partial charge in [0.15, 0.2) is 0 Å². The Morgan fingerprint density at radius 2 is 1.89 bits per heavy atom. The summed E-state index contributed by atoms with van der Waals surface area (Å²) in [7, 11) is 0. The van der Waals surface area contributed by atoms with Crippen LogP contribution < -0.4 is 9.64 Å². The summed E-state index contributed by atoms with van der Waals surface area (Å²) in [5.74, 6) is 2.57. The first-order valence-corrected chi connectivity index (χ1v) is 10.3. The van der Waals surface area contributed by atoms with Crippen molar-refractivity contribution in [2.45, 2.75) is 18.7 Å². The highest BCUT2D eigenvalue weighted by Gasteiger charge is 2.22. The molecule has 1 aliphatic rings. The molecule has 0 unspecified atom stereocenters. The molecule has 0 spiro atoms. The van der Waals surface area contributed by atoms with Crippen molar-refractivity contribution in [3.63, 3.8) is 0 Å². The molecule has 1 saturated heterocycles. The van der Waals surface area contributed by atoms with Crippen LogP contribution in [0.2, 0.25) is 0 Å². The number of rotatable bonds is 7. The number of hydrogen-bond donors (Lipinski definition) is 0. The number of anilines is 1. The van der Waals surface area contributed by atoms with E-state index in [-0.39, 0.29) is 5.91 Å². The van der Waals surface area contributed by atoms with Gasteiger partial charge in [-0.3, -0.25) is 4.79 Å². The van der Waals surface area contributed by atoms with Crippen molar-refractivity contribution in [1.82, 2.24) is 14.9 Å². The summed E-state index contributed by atoms with van der Waals surface area (Å²) >= 11 is 1.59. The first kappa shape index (κ1) is 19.5. The van der Waals surface area contributed by atoms with Gasteiger partial charge in [0.2, 0.25) is 11.8 Å². The standard InChI is InChI=1S/C20H26N4O2S/c1-16(2)13-26-19-12-18(21-15-22-19)23-8-10-24(11-9-23)20(25)14-27-17-6-4-3-5-7-17/h3-7,12,15-16H,8-11,13-14H2,1-2H3. The van der Waals surface area contributed by atoms with E-state index in [0.717, 1.165) is 23.8 Å². The quantitative estimate of drug-likeness (QED) is 0.682. The predicted octanol–water partition coefficient (Wildman–Crippen LogP) is 2.95. The molecule has 1 aliphatic heterocycles. The van der Waals surface area contributed by atoms with Gasteiger partial charge in [0.25, 0.3) is 0 Å². The van der Waals surface area contributed by atoms with Gasteiger partial charge in [-0.25, -0.2) is 9.97 Å². The molecule has 0 radical (unpaired) electrons. The Kier molecular flexibility index (Phi) is 6.92. The van der Waals surface area contributed by atoms with Gasteiger partial charge in [0.1, 0.15) is 12.1 Å². The summed E-state index contributed by atoms with van der Waals surface area (Å²) in [5.41, 5.74) is 0. The van der Waals surface area contributed by atoms with Gasteiger partial charge in [0.05, 0.1) is 12.4 Å². The van der Waals surface area contributed by atoms with Crippen LogP contribution in [0.25, 0.3) is 0 Å². The summed E-state index contributed by atoms with van der Waals surface area (Å²) in [5, 5.41) is 0. The maximum absolute atomic E-state index is 12.5. The van der Waals surface area contributed by atoms with Gasteiger partial charge in [0, 0.05) is 37.1 Å². The summed E-state index contributed by atoms with van der Waals surface area (Å²) < 4.78 is 5.69. The molecule has 0 bridgehead atoms. The second kappa shape index (κ2) is 9.60. The van der Waals surface area contributed by atoms with E-state index in [1.165, 1.54) is 0 Å². The summed E-state index contributed by atoms with van der Waals surface area (Å²) in [6.45, 7) is 7.80. The zero-order chi connectivity index (χ0) is 19.1. The molecule has 7 heteroatoms. The zero-order valence-electron chi connectivity index (χ0n) is 15.9. The van der Waals surface area contributed by atoms with Crippen molar-refractivity contribution in [1.29, 1.82) is 0 Å². The van der Waals surface area contributed by atoms with Gasteiger partial charge in [-0.15, -0.1) is 11.8 Å². The van der Waals surface area contributed by atoms with Crippen LogP contribution in [0.15, 0.2) is 47.6 Å². The molecule has 27 heavy (non-hydrogen) atoms. The van der Waals surface area contributed by atoms with Crippen molar-refractivity contribution >= 4 is 23.5 Å². The Morgan fingerprint density at radius 1 is 1.15 bits per heavy atom. The van der Waals surface area contributed by atoms with Crippen molar-refractivity contribution in [2.24, 2.45) is 5.92 Å². The van der Waals surface area contributed by atoms with Crippen LogP contribution in [0.3, 0.4) is 0 Å². The van der Waals surface area contributed by atoms with Crippen molar-refractivity contribution in [2.75, 3.05) is 43.4 Å². The van der Waals surface area contributed by atoms with Crippen LogP contribution in [0, 0.1) is 5.92 Å². The number of amides is 1. The van der Waals surface area contributed by atoms with Crippen LogP contribution in [0.4, 0.5) is 5.82 Å². The molecule has 6 nitrogen and oxygen atoms in total. The maximum Gasteiger partial charge on any atom is 0.233 e. The summed E-state index contributed by atoms with van der Waals surface area (Å²) in [6, 6.07) is 11.9. The van der Waals surface area contributed by atoms with E-state index in [2.05, 4.69) is 28.7 Å². The molecule has 0 atom stereocenters. The maximum atomic E-state index is 12.5. The fraction of sp³-hybridized carbons (Fsp3) is 0.450. The van der Waals surface area contributed by atoms with E-state index in [4.69, 9.17) is 4.74 Å².